The first-order valence-electron chi connectivity index (χ1n) is 9.19. The highest BCUT2D eigenvalue weighted by Gasteiger charge is 2.12. The summed E-state index contributed by atoms with van der Waals surface area (Å²) >= 11 is 0. The predicted octanol–water partition coefficient (Wildman–Crippen LogP) is -1.88. The zero-order chi connectivity index (χ0) is 27.6. The van der Waals surface area contributed by atoms with Crippen LogP contribution in [0, 0.1) is 0 Å². The van der Waals surface area contributed by atoms with Crippen LogP contribution in [0.5, 0.6) is 0 Å². The number of aromatic nitrogens is 3. The fourth-order valence-electron chi connectivity index (χ4n) is 2.16. The van der Waals surface area contributed by atoms with Crippen LogP contribution in [-0.2, 0) is 40.9 Å². The van der Waals surface area contributed by atoms with Crippen LogP contribution < -0.4 is 20.7 Å². The Labute approximate surface area is 207 Å². The van der Waals surface area contributed by atoms with Crippen LogP contribution in [0.1, 0.15) is 0 Å². The van der Waals surface area contributed by atoms with Gasteiger partial charge in [-0.1, -0.05) is 6.07 Å². The van der Waals surface area contributed by atoms with E-state index in [1.165, 1.54) is 18.2 Å². The van der Waals surface area contributed by atoms with Crippen molar-refractivity contribution in [3.05, 3.63) is 24.3 Å². The van der Waals surface area contributed by atoms with E-state index in [9.17, 15) is 29.8 Å². The van der Waals surface area contributed by atoms with E-state index in [0.29, 0.717) is 0 Å². The summed E-state index contributed by atoms with van der Waals surface area (Å²) in [7, 11) is -15.2. The lowest BCUT2D eigenvalue weighted by Gasteiger charge is -2.11. The fourth-order valence-corrected chi connectivity index (χ4v) is 3.52. The molecule has 0 atom stereocenters. The zero-order valence-corrected chi connectivity index (χ0v) is 21.4. The summed E-state index contributed by atoms with van der Waals surface area (Å²) in [5.74, 6) is -0.798. The molecule has 2 rings (SSSR count). The lowest BCUT2D eigenvalue weighted by atomic mass is 10.3. The molecule has 0 fully saturated rings. The maximum Gasteiger partial charge on any atom is 0.425 e. The number of hydrogen-bond donors (Lipinski definition) is 6. The Kier molecular flexibility index (Phi) is 11.5. The zero-order valence-electron chi connectivity index (χ0n) is 18.2. The lowest BCUT2D eigenvalue weighted by Crippen LogP contribution is -2.28. The van der Waals surface area contributed by atoms with E-state index >= 15 is 0 Å². The maximum atomic E-state index is 11.3. The highest BCUT2D eigenvalue weighted by atomic mass is 32.2. The van der Waals surface area contributed by atoms with Gasteiger partial charge in [-0.05, 0) is 18.2 Å². The normalized spacial score (nSPS) is 11.6. The van der Waals surface area contributed by atoms with Gasteiger partial charge in [0.15, 0.2) is 0 Å². The highest BCUT2D eigenvalue weighted by molar-refractivity contribution is 7.88. The average molecular weight is 592 g/mol. The molecule has 36 heavy (non-hydrogen) atoms. The van der Waals surface area contributed by atoms with Crippen molar-refractivity contribution < 1.29 is 47.0 Å². The van der Waals surface area contributed by atoms with Crippen LogP contribution in [-0.4, -0.2) is 93.6 Å². The minimum atomic E-state index is -4.44. The summed E-state index contributed by atoms with van der Waals surface area (Å²) in [6.07, 6.45) is 0.996. The summed E-state index contributed by atoms with van der Waals surface area (Å²) in [5.41, 5.74) is 0.208. The topological polar surface area (TPSA) is 281 Å². The quantitative estimate of drug-likeness (QED) is 0.116. The second kappa shape index (κ2) is 13.3. The summed E-state index contributed by atoms with van der Waals surface area (Å²) < 4.78 is 112. The molecule has 2 aromatic rings. The molecule has 6 N–H and O–H groups in total. The number of hydrogen-bond acceptors (Lipinski definition) is 15. The van der Waals surface area contributed by atoms with E-state index < -0.39 is 46.6 Å². The fraction of sp³-hybridized carbons (Fsp3) is 0.357. The third kappa shape index (κ3) is 14.4. The number of benzene rings is 1. The SMILES string of the molecule is CS(=O)(=O)NCCNc1nc(NCCS(=O)(=O)O)nc(Nc2cccc(S(=O)(=O)O)c2)n1.O=S(=O)=O. The lowest BCUT2D eigenvalue weighted by molar-refractivity contribution is 0.481. The Bertz CT molecular complexity index is 1470. The maximum absolute atomic E-state index is 11.3. The van der Waals surface area contributed by atoms with E-state index in [0.717, 1.165) is 12.3 Å². The van der Waals surface area contributed by atoms with Gasteiger partial charge in [0.2, 0.25) is 27.9 Å². The molecule has 0 amide bonds. The van der Waals surface area contributed by atoms with Crippen molar-refractivity contribution in [2.24, 2.45) is 0 Å². The number of anilines is 4. The summed E-state index contributed by atoms with van der Waals surface area (Å²) in [6, 6.07) is 5.16. The Balaban J connectivity index is 0.00000150. The van der Waals surface area contributed by atoms with Gasteiger partial charge in [-0.2, -0.15) is 31.8 Å². The second-order valence-electron chi connectivity index (χ2n) is 6.44. The summed E-state index contributed by atoms with van der Waals surface area (Å²) in [6.45, 7) is -0.107. The van der Waals surface area contributed by atoms with Crippen molar-refractivity contribution in [3.8, 4) is 0 Å². The van der Waals surface area contributed by atoms with Crippen LogP contribution in [0.2, 0.25) is 0 Å². The molecule has 0 spiro atoms. The molecular weight excluding hydrogens is 570 g/mol. The van der Waals surface area contributed by atoms with Gasteiger partial charge in [0.1, 0.15) is 0 Å². The minimum absolute atomic E-state index is 0.0157. The molecule has 0 unspecified atom stereocenters. The molecule has 0 aliphatic heterocycles. The minimum Gasteiger partial charge on any atom is -0.353 e. The molecule has 1 aromatic carbocycles. The van der Waals surface area contributed by atoms with Gasteiger partial charge in [0.25, 0.3) is 20.2 Å². The van der Waals surface area contributed by atoms with Gasteiger partial charge < -0.3 is 16.0 Å². The van der Waals surface area contributed by atoms with Gasteiger partial charge in [-0.15, -0.1) is 12.6 Å². The van der Waals surface area contributed by atoms with Gasteiger partial charge in [0, 0.05) is 25.3 Å². The van der Waals surface area contributed by atoms with E-state index in [1.807, 2.05) is 0 Å². The molecule has 0 saturated carbocycles. The molecule has 0 radical (unpaired) electrons. The molecule has 0 aliphatic carbocycles. The van der Waals surface area contributed by atoms with Crippen LogP contribution in [0.15, 0.2) is 29.2 Å². The molecule has 0 bridgehead atoms. The smallest absolute Gasteiger partial charge is 0.353 e. The average Bonchev–Trinajstić information content (AvgIpc) is 2.69. The van der Waals surface area contributed by atoms with Crippen molar-refractivity contribution in [2.75, 3.05) is 47.6 Å². The Hall–Kier alpha value is -3.02. The number of rotatable bonds is 12. The van der Waals surface area contributed by atoms with Crippen molar-refractivity contribution in [2.45, 2.75) is 4.90 Å². The van der Waals surface area contributed by atoms with Crippen LogP contribution >= 0.6 is 0 Å². The van der Waals surface area contributed by atoms with Gasteiger partial charge in [-0.3, -0.25) is 9.11 Å². The molecule has 1 aromatic heterocycles. The summed E-state index contributed by atoms with van der Waals surface area (Å²) in [5, 5.41) is 8.06. The standard InChI is InChI=1S/C14H21N7O8S3.O3S/c1-30(22,23)17-6-5-15-12-19-13(16-7-8-31(24,25)26)21-14(20-12)18-10-3-2-4-11(9-10)32(27,28)29;1-4(2)3/h2-4,9,17H,5-8H2,1H3,(H,24,25,26)(H,27,28,29)(H3,15,16,18,19,20,21);. The Morgan fingerprint density at radius 1 is 0.833 bits per heavy atom. The summed E-state index contributed by atoms with van der Waals surface area (Å²) in [4.78, 5) is 11.7. The van der Waals surface area contributed by atoms with E-state index in [1.54, 1.807) is 0 Å². The highest BCUT2D eigenvalue weighted by Crippen LogP contribution is 2.19. The largest absolute Gasteiger partial charge is 0.425 e. The van der Waals surface area contributed by atoms with Crippen molar-refractivity contribution in [1.29, 1.82) is 0 Å². The molecule has 0 aliphatic rings. The van der Waals surface area contributed by atoms with E-state index in [4.69, 9.17) is 17.2 Å². The number of sulfonamides is 1. The molecule has 18 nitrogen and oxygen atoms in total. The molecule has 202 valence electrons. The first-order valence-corrected chi connectivity index (χ1v) is 15.1. The predicted molar refractivity (Wildman–Crippen MR) is 125 cm³/mol. The second-order valence-corrected chi connectivity index (χ2v) is 11.7. The van der Waals surface area contributed by atoms with Crippen LogP contribution in [0.4, 0.5) is 23.5 Å². The van der Waals surface area contributed by atoms with E-state index in [2.05, 4.69) is 35.6 Å². The molecule has 0 saturated heterocycles. The van der Waals surface area contributed by atoms with Crippen molar-refractivity contribution in [3.63, 3.8) is 0 Å². The van der Waals surface area contributed by atoms with E-state index in [-0.39, 0.29) is 48.1 Å². The monoisotopic (exact) mass is 591 g/mol. The molecular formula is C14H21N7O11S4. The first-order chi connectivity index (χ1) is 16.4. The van der Waals surface area contributed by atoms with Gasteiger partial charge in [-0.25, -0.2) is 13.1 Å². The van der Waals surface area contributed by atoms with Crippen LogP contribution in [0.25, 0.3) is 0 Å². The molecule has 1 heterocycles. The Morgan fingerprint density at radius 3 is 1.86 bits per heavy atom. The van der Waals surface area contributed by atoms with Gasteiger partial charge in [0.05, 0.1) is 16.9 Å². The van der Waals surface area contributed by atoms with Gasteiger partial charge >= 0.3 is 10.6 Å². The number of nitrogens with one attached hydrogen (secondary N) is 4. The Morgan fingerprint density at radius 2 is 1.36 bits per heavy atom. The van der Waals surface area contributed by atoms with Crippen LogP contribution in [0.3, 0.4) is 0 Å². The number of nitrogens with zero attached hydrogens (tertiary/aromatic N) is 3. The first kappa shape index (κ1) is 31.0. The molecule has 22 heteroatoms. The third-order valence-electron chi connectivity index (χ3n) is 3.44. The van der Waals surface area contributed by atoms with Crippen molar-refractivity contribution in [1.82, 2.24) is 19.7 Å². The van der Waals surface area contributed by atoms with Crippen molar-refractivity contribution >= 4 is 64.4 Å². The third-order valence-corrected chi connectivity index (χ3v) is 5.74.